The number of amides is 1. The maximum Gasteiger partial charge on any atom is 0.254 e. The molecule has 22 heavy (non-hydrogen) atoms. The molecule has 0 atom stereocenters. The first kappa shape index (κ1) is 16.7. The second-order valence-corrected chi connectivity index (χ2v) is 5.77. The second-order valence-electron chi connectivity index (χ2n) is 4.86. The molecule has 0 radical (unpaired) electrons. The molecule has 0 aliphatic heterocycles. The van der Waals surface area contributed by atoms with E-state index < -0.39 is 0 Å². The third-order valence-corrected chi connectivity index (χ3v) is 3.89. The van der Waals surface area contributed by atoms with Crippen LogP contribution in [0.4, 0.5) is 0 Å². The summed E-state index contributed by atoms with van der Waals surface area (Å²) in [7, 11) is 0. The van der Waals surface area contributed by atoms with Gasteiger partial charge in [-0.25, -0.2) is 4.68 Å². The number of hydrogen-bond donors (Lipinski definition) is 2. The molecule has 0 unspecified atom stereocenters. The molecule has 0 fully saturated rings. The fourth-order valence-electron chi connectivity index (χ4n) is 2.24. The van der Waals surface area contributed by atoms with E-state index in [1.165, 1.54) is 0 Å². The number of likely N-dealkylation sites (N-methyl/N-ethyl adjacent to an activating group) is 1. The minimum Gasteiger partial charge on any atom is -0.351 e. The van der Waals surface area contributed by atoms with Gasteiger partial charge in [0.15, 0.2) is 0 Å². The fraction of sp³-hybridized carbons (Fsp3) is 0.375. The number of benzene rings is 1. The topological polar surface area (TPSA) is 58.9 Å². The molecule has 1 aromatic carbocycles. The molecule has 0 saturated heterocycles. The highest BCUT2D eigenvalue weighted by molar-refractivity contribution is 9.10. The van der Waals surface area contributed by atoms with E-state index in [-0.39, 0.29) is 5.91 Å². The van der Waals surface area contributed by atoms with Crippen LogP contribution >= 0.6 is 15.9 Å². The van der Waals surface area contributed by atoms with Crippen molar-refractivity contribution in [1.29, 1.82) is 0 Å². The SMILES string of the molecule is CCNCCNC(=O)c1cnn(-c2ccc(Br)cc2)c1CC. The van der Waals surface area contributed by atoms with Gasteiger partial charge in [0.1, 0.15) is 0 Å². The molecule has 2 rings (SSSR count). The van der Waals surface area contributed by atoms with E-state index in [2.05, 4.69) is 31.7 Å². The van der Waals surface area contributed by atoms with Crippen molar-refractivity contribution < 1.29 is 4.79 Å². The van der Waals surface area contributed by atoms with Crippen LogP contribution in [-0.4, -0.2) is 35.3 Å². The molecule has 0 bridgehead atoms. The van der Waals surface area contributed by atoms with Gasteiger partial charge in [0.05, 0.1) is 23.1 Å². The lowest BCUT2D eigenvalue weighted by Crippen LogP contribution is -2.32. The van der Waals surface area contributed by atoms with E-state index in [0.29, 0.717) is 12.1 Å². The molecule has 2 N–H and O–H groups in total. The van der Waals surface area contributed by atoms with Gasteiger partial charge in [-0.2, -0.15) is 5.10 Å². The van der Waals surface area contributed by atoms with Crippen molar-refractivity contribution in [3.63, 3.8) is 0 Å². The zero-order chi connectivity index (χ0) is 15.9. The number of carbonyl (C=O) groups is 1. The van der Waals surface area contributed by atoms with E-state index in [4.69, 9.17) is 0 Å². The summed E-state index contributed by atoms with van der Waals surface area (Å²) in [4.78, 5) is 12.3. The van der Waals surface area contributed by atoms with E-state index in [1.54, 1.807) is 6.20 Å². The second kappa shape index (κ2) is 8.10. The lowest BCUT2D eigenvalue weighted by molar-refractivity contribution is 0.0953. The Morgan fingerprint density at radius 3 is 2.59 bits per heavy atom. The Bertz CT molecular complexity index is 622. The fourth-order valence-corrected chi connectivity index (χ4v) is 2.51. The average Bonchev–Trinajstić information content (AvgIpc) is 2.96. The maximum atomic E-state index is 12.3. The Balaban J connectivity index is 2.16. The van der Waals surface area contributed by atoms with E-state index >= 15 is 0 Å². The minimum atomic E-state index is -0.0712. The van der Waals surface area contributed by atoms with Crippen molar-refractivity contribution in [3.05, 3.63) is 46.2 Å². The summed E-state index contributed by atoms with van der Waals surface area (Å²) in [6, 6.07) is 7.88. The predicted octanol–water partition coefficient (Wildman–Crippen LogP) is 2.54. The van der Waals surface area contributed by atoms with Crippen LogP contribution in [0.2, 0.25) is 0 Å². The Morgan fingerprint density at radius 1 is 1.23 bits per heavy atom. The lowest BCUT2D eigenvalue weighted by Gasteiger charge is -2.09. The van der Waals surface area contributed by atoms with Gasteiger partial charge in [0.25, 0.3) is 5.91 Å². The number of aromatic nitrogens is 2. The van der Waals surface area contributed by atoms with Crippen molar-refractivity contribution in [2.45, 2.75) is 20.3 Å². The monoisotopic (exact) mass is 364 g/mol. The van der Waals surface area contributed by atoms with Crippen molar-refractivity contribution >= 4 is 21.8 Å². The molecule has 118 valence electrons. The quantitative estimate of drug-likeness (QED) is 0.742. The van der Waals surface area contributed by atoms with Gasteiger partial charge in [-0.1, -0.05) is 29.8 Å². The van der Waals surface area contributed by atoms with Crippen LogP contribution < -0.4 is 10.6 Å². The van der Waals surface area contributed by atoms with Crippen LogP contribution in [0.1, 0.15) is 29.9 Å². The summed E-state index contributed by atoms with van der Waals surface area (Å²) in [5, 5.41) is 10.5. The Kier molecular flexibility index (Phi) is 6.15. The molecule has 1 heterocycles. The number of rotatable bonds is 7. The van der Waals surface area contributed by atoms with Gasteiger partial charge < -0.3 is 10.6 Å². The van der Waals surface area contributed by atoms with Crippen molar-refractivity contribution in [3.8, 4) is 5.69 Å². The zero-order valence-electron chi connectivity index (χ0n) is 12.9. The Labute approximate surface area is 139 Å². The standard InChI is InChI=1S/C16H21BrN4O/c1-3-15-14(16(22)19-10-9-18-4-2)11-20-21(15)13-7-5-12(17)6-8-13/h5-8,11,18H,3-4,9-10H2,1-2H3,(H,19,22). The van der Waals surface area contributed by atoms with E-state index in [9.17, 15) is 4.79 Å². The first-order valence-corrected chi connectivity index (χ1v) is 8.28. The molecule has 0 aliphatic rings. The molecular formula is C16H21BrN4O. The molecule has 1 amide bonds. The van der Waals surface area contributed by atoms with Crippen LogP contribution in [0.5, 0.6) is 0 Å². The molecule has 5 nitrogen and oxygen atoms in total. The molecule has 6 heteroatoms. The van der Waals surface area contributed by atoms with Gasteiger partial charge in [-0.3, -0.25) is 4.79 Å². The summed E-state index contributed by atoms with van der Waals surface area (Å²) in [6.45, 7) is 6.35. The smallest absolute Gasteiger partial charge is 0.254 e. The van der Waals surface area contributed by atoms with Crippen molar-refractivity contribution in [2.75, 3.05) is 19.6 Å². The highest BCUT2D eigenvalue weighted by Crippen LogP contribution is 2.18. The molecule has 0 aliphatic carbocycles. The number of nitrogens with one attached hydrogen (secondary N) is 2. The van der Waals surface area contributed by atoms with E-state index in [1.807, 2.05) is 42.8 Å². The summed E-state index contributed by atoms with van der Waals surface area (Å²) in [6.07, 6.45) is 2.38. The summed E-state index contributed by atoms with van der Waals surface area (Å²) < 4.78 is 2.84. The summed E-state index contributed by atoms with van der Waals surface area (Å²) in [5.41, 5.74) is 2.51. The number of hydrogen-bond acceptors (Lipinski definition) is 3. The summed E-state index contributed by atoms with van der Waals surface area (Å²) in [5.74, 6) is -0.0712. The zero-order valence-corrected chi connectivity index (χ0v) is 14.5. The third kappa shape index (κ3) is 3.96. The molecule has 2 aromatic rings. The summed E-state index contributed by atoms with van der Waals surface area (Å²) >= 11 is 3.42. The van der Waals surface area contributed by atoms with Gasteiger partial charge in [-0.05, 0) is 37.2 Å². The lowest BCUT2D eigenvalue weighted by atomic mass is 10.2. The number of carbonyl (C=O) groups excluding carboxylic acids is 1. The normalized spacial score (nSPS) is 10.7. The molecule has 1 aromatic heterocycles. The van der Waals surface area contributed by atoms with Gasteiger partial charge >= 0.3 is 0 Å². The van der Waals surface area contributed by atoms with Crippen molar-refractivity contribution in [1.82, 2.24) is 20.4 Å². The minimum absolute atomic E-state index is 0.0712. The van der Waals surface area contributed by atoms with Gasteiger partial charge in [0.2, 0.25) is 0 Å². The van der Waals surface area contributed by atoms with Crippen LogP contribution in [0, 0.1) is 0 Å². The third-order valence-electron chi connectivity index (χ3n) is 3.36. The number of nitrogens with zero attached hydrogens (tertiary/aromatic N) is 2. The van der Waals surface area contributed by atoms with Crippen LogP contribution in [0.25, 0.3) is 5.69 Å². The molecule has 0 spiro atoms. The predicted molar refractivity (Wildman–Crippen MR) is 91.5 cm³/mol. The highest BCUT2D eigenvalue weighted by atomic mass is 79.9. The molecular weight excluding hydrogens is 344 g/mol. The Morgan fingerprint density at radius 2 is 1.95 bits per heavy atom. The first-order valence-electron chi connectivity index (χ1n) is 7.49. The number of halogens is 1. The van der Waals surface area contributed by atoms with Gasteiger partial charge in [0, 0.05) is 17.6 Å². The van der Waals surface area contributed by atoms with Crippen LogP contribution in [0.15, 0.2) is 34.9 Å². The van der Waals surface area contributed by atoms with Gasteiger partial charge in [-0.15, -0.1) is 0 Å². The van der Waals surface area contributed by atoms with Crippen LogP contribution in [-0.2, 0) is 6.42 Å². The van der Waals surface area contributed by atoms with Crippen molar-refractivity contribution in [2.24, 2.45) is 0 Å². The first-order chi connectivity index (χ1) is 10.7. The largest absolute Gasteiger partial charge is 0.351 e. The average molecular weight is 365 g/mol. The molecule has 0 saturated carbocycles. The highest BCUT2D eigenvalue weighted by Gasteiger charge is 2.16. The maximum absolute atomic E-state index is 12.3. The Hall–Kier alpha value is -1.66. The van der Waals surface area contributed by atoms with Crippen LogP contribution in [0.3, 0.4) is 0 Å². The van der Waals surface area contributed by atoms with E-state index in [0.717, 1.165) is 35.4 Å².